The Labute approximate surface area is 128 Å². The number of carbonyl (C=O) groups is 2. The second kappa shape index (κ2) is 6.69. The highest BCUT2D eigenvalue weighted by molar-refractivity contribution is 5.93. The summed E-state index contributed by atoms with van der Waals surface area (Å²) in [7, 11) is 0. The van der Waals surface area contributed by atoms with Crippen LogP contribution < -0.4 is 16.0 Å². The quantitative estimate of drug-likeness (QED) is 0.645. The molecule has 9 heteroatoms. The largest absolute Gasteiger partial charge is 0.440 e. The molecule has 0 aliphatic carbocycles. The zero-order valence-corrected chi connectivity index (χ0v) is 11.9. The van der Waals surface area contributed by atoms with Crippen molar-refractivity contribution in [2.24, 2.45) is 0 Å². The van der Waals surface area contributed by atoms with E-state index in [-0.39, 0.29) is 11.3 Å². The first-order valence-corrected chi connectivity index (χ1v) is 6.32. The smallest absolute Gasteiger partial charge is 0.343 e. The Balaban J connectivity index is 2.18. The number of nitrogens with zero attached hydrogens (tertiary/aromatic N) is 1. The Hall–Kier alpha value is -3.23. The highest BCUT2D eigenvalue weighted by atomic mass is 19.1. The fourth-order valence-electron chi connectivity index (χ4n) is 1.66. The Bertz CT molecular complexity index is 870. The summed E-state index contributed by atoms with van der Waals surface area (Å²) in [5, 5.41) is 0. The van der Waals surface area contributed by atoms with Gasteiger partial charge in [0.25, 0.3) is 5.56 Å². The molecule has 0 aliphatic heterocycles. The lowest BCUT2D eigenvalue weighted by Crippen LogP contribution is -2.32. The van der Waals surface area contributed by atoms with Crippen LogP contribution in [0.3, 0.4) is 0 Å². The number of H-pyrrole nitrogens is 1. The molecule has 120 valence electrons. The van der Waals surface area contributed by atoms with Crippen LogP contribution in [0.5, 0.6) is 5.75 Å². The molecule has 1 aromatic heterocycles. The Morgan fingerprint density at radius 3 is 2.65 bits per heavy atom. The van der Waals surface area contributed by atoms with Gasteiger partial charge in [0, 0.05) is 6.92 Å². The zero-order chi connectivity index (χ0) is 17.0. The van der Waals surface area contributed by atoms with Crippen molar-refractivity contribution in [2.75, 3.05) is 0 Å². The molecule has 23 heavy (non-hydrogen) atoms. The van der Waals surface area contributed by atoms with Crippen molar-refractivity contribution >= 4 is 11.9 Å². The highest BCUT2D eigenvalue weighted by Crippen LogP contribution is 2.19. The molecule has 1 N–H and O–H groups in total. The van der Waals surface area contributed by atoms with E-state index in [1.807, 2.05) is 0 Å². The van der Waals surface area contributed by atoms with Crippen LogP contribution in [0.4, 0.5) is 4.39 Å². The van der Waals surface area contributed by atoms with Crippen LogP contribution in [0.1, 0.15) is 17.3 Å². The number of hydrogen-bond donors (Lipinski definition) is 1. The summed E-state index contributed by atoms with van der Waals surface area (Å²) in [6.45, 7) is 0.546. The second-order valence-electron chi connectivity index (χ2n) is 4.36. The van der Waals surface area contributed by atoms with Gasteiger partial charge >= 0.3 is 17.6 Å². The van der Waals surface area contributed by atoms with Gasteiger partial charge in [0.2, 0.25) is 5.82 Å². The maximum Gasteiger partial charge on any atom is 0.343 e. The van der Waals surface area contributed by atoms with E-state index in [0.29, 0.717) is 10.8 Å². The molecule has 8 nitrogen and oxygen atoms in total. The van der Waals surface area contributed by atoms with Gasteiger partial charge in [-0.05, 0) is 12.1 Å². The molecule has 0 aliphatic rings. The van der Waals surface area contributed by atoms with Crippen LogP contribution in [-0.2, 0) is 16.3 Å². The summed E-state index contributed by atoms with van der Waals surface area (Å²) in [4.78, 5) is 47.0. The maximum atomic E-state index is 13.1. The van der Waals surface area contributed by atoms with E-state index in [1.165, 1.54) is 25.1 Å². The number of aromatic nitrogens is 2. The van der Waals surface area contributed by atoms with E-state index >= 15 is 0 Å². The molecule has 0 radical (unpaired) electrons. The van der Waals surface area contributed by atoms with Gasteiger partial charge in [-0.1, -0.05) is 12.1 Å². The molecular weight excluding hydrogens is 311 g/mol. The van der Waals surface area contributed by atoms with Gasteiger partial charge in [0.1, 0.15) is 11.3 Å². The van der Waals surface area contributed by atoms with E-state index in [9.17, 15) is 23.6 Å². The first-order valence-electron chi connectivity index (χ1n) is 6.32. The molecule has 0 amide bonds. The van der Waals surface area contributed by atoms with E-state index in [4.69, 9.17) is 9.47 Å². The van der Waals surface area contributed by atoms with Gasteiger partial charge in [-0.2, -0.15) is 4.39 Å². The summed E-state index contributed by atoms with van der Waals surface area (Å²) in [5.74, 6) is -2.71. The Kier molecular flexibility index (Phi) is 4.69. The number of ether oxygens (including phenoxy) is 2. The number of para-hydroxylation sites is 1. The van der Waals surface area contributed by atoms with Crippen LogP contribution in [0.25, 0.3) is 0 Å². The fraction of sp³-hybridized carbons (Fsp3) is 0.143. The van der Waals surface area contributed by atoms with Crippen molar-refractivity contribution in [3.63, 3.8) is 0 Å². The fourth-order valence-corrected chi connectivity index (χ4v) is 1.66. The van der Waals surface area contributed by atoms with Gasteiger partial charge in [0.15, 0.2) is 6.73 Å². The predicted octanol–water partition coefficient (Wildman–Crippen LogP) is 0.416. The van der Waals surface area contributed by atoms with Gasteiger partial charge in [-0.15, -0.1) is 0 Å². The van der Waals surface area contributed by atoms with Crippen molar-refractivity contribution in [1.82, 2.24) is 9.55 Å². The Morgan fingerprint density at radius 2 is 1.96 bits per heavy atom. The molecule has 2 aromatic rings. The summed E-state index contributed by atoms with van der Waals surface area (Å²) >= 11 is 0. The van der Waals surface area contributed by atoms with Gasteiger partial charge in [-0.25, -0.2) is 9.59 Å². The molecule has 1 aromatic carbocycles. The number of halogens is 1. The molecule has 2 rings (SSSR count). The van der Waals surface area contributed by atoms with Crippen LogP contribution in [0.2, 0.25) is 0 Å². The van der Waals surface area contributed by atoms with Crippen LogP contribution >= 0.6 is 0 Å². The maximum absolute atomic E-state index is 13.1. The summed E-state index contributed by atoms with van der Waals surface area (Å²) in [6, 6.07) is 5.83. The van der Waals surface area contributed by atoms with Crippen molar-refractivity contribution < 1.29 is 23.5 Å². The van der Waals surface area contributed by atoms with E-state index in [0.717, 1.165) is 0 Å². The number of aromatic amines is 1. The summed E-state index contributed by atoms with van der Waals surface area (Å²) in [5.41, 5.74) is -2.14. The van der Waals surface area contributed by atoms with Crippen molar-refractivity contribution in [3.8, 4) is 5.75 Å². The average molecular weight is 322 g/mol. The number of benzene rings is 1. The number of nitrogens with one attached hydrogen (secondary N) is 1. The first kappa shape index (κ1) is 16.1. The van der Waals surface area contributed by atoms with Crippen LogP contribution in [0, 0.1) is 5.82 Å². The predicted molar refractivity (Wildman–Crippen MR) is 74.4 cm³/mol. The molecule has 0 fully saturated rings. The number of hydrogen-bond acceptors (Lipinski definition) is 6. The minimum atomic E-state index is -1.19. The molecule has 0 spiro atoms. The molecule has 1 heterocycles. The van der Waals surface area contributed by atoms with Crippen molar-refractivity contribution in [2.45, 2.75) is 13.7 Å². The SMILES string of the molecule is CC(=O)Oc1ccccc1C(=O)OCn1cc(F)c(=O)[nH]c1=O. The summed E-state index contributed by atoms with van der Waals surface area (Å²) < 4.78 is 23.5. The van der Waals surface area contributed by atoms with Crippen LogP contribution in [0.15, 0.2) is 40.1 Å². The lowest BCUT2D eigenvalue weighted by atomic mass is 10.2. The zero-order valence-electron chi connectivity index (χ0n) is 11.9. The monoisotopic (exact) mass is 322 g/mol. The third kappa shape index (κ3) is 3.90. The molecule has 0 saturated heterocycles. The lowest BCUT2D eigenvalue weighted by Gasteiger charge is -2.10. The Morgan fingerprint density at radius 1 is 1.26 bits per heavy atom. The first-order chi connectivity index (χ1) is 10.9. The number of esters is 2. The normalized spacial score (nSPS) is 10.2. The third-order valence-corrected chi connectivity index (χ3v) is 2.66. The third-order valence-electron chi connectivity index (χ3n) is 2.66. The van der Waals surface area contributed by atoms with E-state index < -0.39 is 35.7 Å². The lowest BCUT2D eigenvalue weighted by molar-refractivity contribution is -0.131. The van der Waals surface area contributed by atoms with E-state index in [1.54, 1.807) is 11.1 Å². The minimum absolute atomic E-state index is 0.00926. The van der Waals surface area contributed by atoms with Gasteiger partial charge in [0.05, 0.1) is 6.20 Å². The van der Waals surface area contributed by atoms with Gasteiger partial charge in [-0.3, -0.25) is 19.1 Å². The standard InChI is InChI=1S/C14H11FN2O6/c1-8(18)23-11-5-3-2-4-9(11)13(20)22-7-17-6-10(15)12(19)16-14(17)21/h2-6H,7H2,1H3,(H,16,19,21). The van der Waals surface area contributed by atoms with Gasteiger partial charge < -0.3 is 9.47 Å². The van der Waals surface area contributed by atoms with E-state index in [2.05, 4.69) is 0 Å². The molecule has 0 bridgehead atoms. The van der Waals surface area contributed by atoms with Crippen molar-refractivity contribution in [3.05, 3.63) is 62.7 Å². The number of rotatable bonds is 4. The molecule has 0 unspecified atom stereocenters. The topological polar surface area (TPSA) is 107 Å². The average Bonchev–Trinajstić information content (AvgIpc) is 2.49. The molecular formula is C14H11FN2O6. The molecule has 0 saturated carbocycles. The summed E-state index contributed by atoms with van der Waals surface area (Å²) in [6.07, 6.45) is 0.617. The number of carbonyl (C=O) groups excluding carboxylic acids is 2. The molecule has 0 atom stereocenters. The van der Waals surface area contributed by atoms with Crippen molar-refractivity contribution in [1.29, 1.82) is 0 Å². The highest BCUT2D eigenvalue weighted by Gasteiger charge is 2.15. The second-order valence-corrected chi connectivity index (χ2v) is 4.36. The minimum Gasteiger partial charge on any atom is -0.440 e. The van der Waals surface area contributed by atoms with Crippen LogP contribution in [-0.4, -0.2) is 21.5 Å².